The van der Waals surface area contributed by atoms with Gasteiger partial charge in [-0.1, -0.05) is 26.3 Å². The van der Waals surface area contributed by atoms with E-state index < -0.39 is 41.6 Å². The zero-order valence-corrected chi connectivity index (χ0v) is 28.0. The minimum Gasteiger partial charge on any atom is -0.501 e. The molecule has 0 atom stereocenters. The molecule has 50 heavy (non-hydrogen) atoms. The lowest BCUT2D eigenvalue weighted by molar-refractivity contribution is -0.138. The van der Waals surface area contributed by atoms with Gasteiger partial charge in [0.1, 0.15) is 39.6 Å². The molecular weight excluding hydrogens is 670 g/mol. The summed E-state index contributed by atoms with van der Waals surface area (Å²) < 4.78 is 52.0. The molecule has 19 heteroatoms. The second kappa shape index (κ2) is 30.0. The summed E-state index contributed by atoms with van der Waals surface area (Å²) in [6, 6.07) is 0. The molecule has 0 aromatic rings. The van der Waals surface area contributed by atoms with Gasteiger partial charge in [0.2, 0.25) is 0 Å². The third kappa shape index (κ3) is 25.9. The SMILES string of the molecule is C=COCC(COCCOC(=O)NCCOC(=O)C=C)(COCCOC(=O)NCCOC(=O)C=C)COCCOC(=O)NCCOC(=O)C=C. The minimum absolute atomic E-state index is 0.0107. The van der Waals surface area contributed by atoms with Crippen molar-refractivity contribution in [2.24, 2.45) is 5.41 Å². The number of ether oxygens (including phenoxy) is 10. The highest BCUT2D eigenvalue weighted by Gasteiger charge is 2.33. The van der Waals surface area contributed by atoms with Crippen LogP contribution in [0.3, 0.4) is 0 Å². The van der Waals surface area contributed by atoms with E-state index in [0.717, 1.165) is 18.2 Å². The van der Waals surface area contributed by atoms with Crippen molar-refractivity contribution < 1.29 is 76.1 Å². The van der Waals surface area contributed by atoms with Crippen molar-refractivity contribution in [2.75, 3.05) is 106 Å². The van der Waals surface area contributed by atoms with Gasteiger partial charge in [-0.25, -0.2) is 28.8 Å². The van der Waals surface area contributed by atoms with Crippen LogP contribution in [0.5, 0.6) is 0 Å². The van der Waals surface area contributed by atoms with Crippen molar-refractivity contribution in [1.29, 1.82) is 0 Å². The number of amides is 3. The summed E-state index contributed by atoms with van der Waals surface area (Å²) >= 11 is 0. The standard InChI is InChI=1S/C31H47N3O16/c1-5-25(35)45-12-9-32-28(38)48-18-15-42-22-31(21-41-8-4,23-43-16-19-49-29(39)33-10-13-46-26(36)6-2)24-44-17-20-50-30(40)34-11-14-47-27(37)7-3/h5-8H,1-4,9-24H2,(H,32,38)(H,33,39)(H,34,40). The summed E-state index contributed by atoms with van der Waals surface area (Å²) in [6.45, 7) is 12.8. The van der Waals surface area contributed by atoms with Crippen LogP contribution in [0.2, 0.25) is 0 Å². The summed E-state index contributed by atoms with van der Waals surface area (Å²) in [6.07, 6.45) is 1.96. The number of nitrogens with one attached hydrogen (secondary N) is 3. The second-order valence-electron chi connectivity index (χ2n) is 9.44. The maximum atomic E-state index is 11.8. The Morgan fingerprint density at radius 3 is 1.04 bits per heavy atom. The molecule has 0 radical (unpaired) electrons. The molecular formula is C31H47N3O16. The summed E-state index contributed by atoms with van der Waals surface area (Å²) in [7, 11) is 0. The van der Waals surface area contributed by atoms with Crippen molar-refractivity contribution in [3.05, 3.63) is 50.8 Å². The van der Waals surface area contributed by atoms with Gasteiger partial charge in [0.25, 0.3) is 0 Å². The van der Waals surface area contributed by atoms with Crippen LogP contribution >= 0.6 is 0 Å². The van der Waals surface area contributed by atoms with E-state index in [1.807, 2.05) is 0 Å². The fourth-order valence-corrected chi connectivity index (χ4v) is 3.18. The lowest BCUT2D eigenvalue weighted by Crippen LogP contribution is -2.42. The third-order valence-electron chi connectivity index (χ3n) is 5.46. The predicted molar refractivity (Wildman–Crippen MR) is 173 cm³/mol. The smallest absolute Gasteiger partial charge is 0.407 e. The summed E-state index contributed by atoms with van der Waals surface area (Å²) in [4.78, 5) is 68.6. The highest BCUT2D eigenvalue weighted by atomic mass is 16.6. The zero-order valence-electron chi connectivity index (χ0n) is 28.0. The van der Waals surface area contributed by atoms with Crippen LogP contribution in [0, 0.1) is 5.41 Å². The molecule has 0 aliphatic carbocycles. The number of alkyl carbamates (subject to hydrolysis) is 3. The van der Waals surface area contributed by atoms with E-state index in [0.29, 0.717) is 0 Å². The molecule has 282 valence electrons. The lowest BCUT2D eigenvalue weighted by atomic mass is 9.92. The van der Waals surface area contributed by atoms with Crippen LogP contribution in [-0.4, -0.2) is 142 Å². The number of hydrogen-bond acceptors (Lipinski definition) is 16. The van der Waals surface area contributed by atoms with E-state index in [1.54, 1.807) is 0 Å². The maximum absolute atomic E-state index is 11.8. The molecule has 0 bridgehead atoms. The van der Waals surface area contributed by atoms with Crippen molar-refractivity contribution >= 4 is 36.2 Å². The zero-order chi connectivity index (χ0) is 37.3. The van der Waals surface area contributed by atoms with Gasteiger partial charge in [-0.15, -0.1) is 0 Å². The molecule has 0 aliphatic rings. The van der Waals surface area contributed by atoms with Gasteiger partial charge in [-0.2, -0.15) is 0 Å². The molecule has 3 amide bonds. The van der Waals surface area contributed by atoms with Crippen LogP contribution in [0.4, 0.5) is 14.4 Å². The number of rotatable bonds is 30. The molecule has 19 nitrogen and oxygen atoms in total. The summed E-state index contributed by atoms with van der Waals surface area (Å²) in [5.74, 6) is -1.87. The average molecular weight is 718 g/mol. The van der Waals surface area contributed by atoms with E-state index in [2.05, 4.69) is 42.3 Å². The molecule has 0 aromatic carbocycles. The second-order valence-corrected chi connectivity index (χ2v) is 9.44. The molecule has 0 aromatic heterocycles. The van der Waals surface area contributed by atoms with Gasteiger partial charge in [0, 0.05) is 18.2 Å². The Morgan fingerprint density at radius 2 is 0.760 bits per heavy atom. The highest BCUT2D eigenvalue weighted by molar-refractivity contribution is 5.81. The summed E-state index contributed by atoms with van der Waals surface area (Å²) in [5, 5.41) is 7.22. The quantitative estimate of drug-likeness (QED) is 0.0303. The van der Waals surface area contributed by atoms with Gasteiger partial charge in [0.15, 0.2) is 0 Å². The molecule has 0 fully saturated rings. The average Bonchev–Trinajstić information content (AvgIpc) is 3.11. The van der Waals surface area contributed by atoms with E-state index in [9.17, 15) is 28.8 Å². The Hall–Kier alpha value is -5.14. The normalized spacial score (nSPS) is 10.3. The van der Waals surface area contributed by atoms with Crippen LogP contribution < -0.4 is 16.0 Å². The van der Waals surface area contributed by atoms with Crippen LogP contribution in [0.15, 0.2) is 50.8 Å². The van der Waals surface area contributed by atoms with Gasteiger partial charge in [0.05, 0.1) is 77.6 Å². The number of hydrogen-bond donors (Lipinski definition) is 3. The highest BCUT2D eigenvalue weighted by Crippen LogP contribution is 2.21. The third-order valence-corrected chi connectivity index (χ3v) is 5.46. The molecule has 0 saturated carbocycles. The van der Waals surface area contributed by atoms with Crippen LogP contribution in [0.1, 0.15) is 0 Å². The lowest BCUT2D eigenvalue weighted by Gasteiger charge is -2.32. The number of carbonyl (C=O) groups is 6. The van der Waals surface area contributed by atoms with Crippen molar-refractivity contribution in [2.45, 2.75) is 0 Å². The van der Waals surface area contributed by atoms with Gasteiger partial charge >= 0.3 is 36.2 Å². The van der Waals surface area contributed by atoms with Gasteiger partial charge in [-0.05, 0) is 0 Å². The molecule has 0 saturated heterocycles. The first-order valence-electron chi connectivity index (χ1n) is 15.2. The van der Waals surface area contributed by atoms with Crippen LogP contribution in [0.25, 0.3) is 0 Å². The van der Waals surface area contributed by atoms with E-state index in [-0.39, 0.29) is 106 Å². The predicted octanol–water partition coefficient (Wildman–Crippen LogP) is 0.549. The maximum Gasteiger partial charge on any atom is 0.407 e. The van der Waals surface area contributed by atoms with Gasteiger partial charge in [-0.3, -0.25) is 0 Å². The first-order valence-corrected chi connectivity index (χ1v) is 15.2. The molecule has 0 spiro atoms. The first-order chi connectivity index (χ1) is 24.1. The Balaban J connectivity index is 4.89. The van der Waals surface area contributed by atoms with E-state index in [4.69, 9.17) is 47.4 Å². The van der Waals surface area contributed by atoms with Crippen LogP contribution in [-0.2, 0) is 61.8 Å². The van der Waals surface area contributed by atoms with Crippen molar-refractivity contribution in [1.82, 2.24) is 16.0 Å². The Bertz CT molecular complexity index is 962. The Morgan fingerprint density at radius 1 is 0.440 bits per heavy atom. The number of esters is 3. The first kappa shape index (κ1) is 44.9. The molecule has 0 aliphatic heterocycles. The van der Waals surface area contributed by atoms with E-state index >= 15 is 0 Å². The fraction of sp³-hybridized carbons (Fsp3) is 0.548. The molecule has 0 unspecified atom stereocenters. The molecule has 0 heterocycles. The topological polar surface area (TPSA) is 231 Å². The monoisotopic (exact) mass is 717 g/mol. The Labute approximate surface area is 290 Å². The minimum atomic E-state index is -0.958. The van der Waals surface area contributed by atoms with Crippen molar-refractivity contribution in [3.63, 3.8) is 0 Å². The number of carbonyl (C=O) groups excluding carboxylic acids is 6. The molecule has 0 rings (SSSR count). The fourth-order valence-electron chi connectivity index (χ4n) is 3.18. The summed E-state index contributed by atoms with van der Waals surface area (Å²) in [5.41, 5.74) is -0.958. The van der Waals surface area contributed by atoms with Gasteiger partial charge < -0.3 is 63.3 Å². The Kier molecular flexibility index (Phi) is 26.9. The van der Waals surface area contributed by atoms with E-state index in [1.165, 1.54) is 6.26 Å². The molecule has 3 N–H and O–H groups in total. The largest absolute Gasteiger partial charge is 0.501 e. The van der Waals surface area contributed by atoms with Crippen molar-refractivity contribution in [3.8, 4) is 0 Å².